The highest BCUT2D eigenvalue weighted by Crippen LogP contribution is 2.40. The molecule has 8 nitrogen and oxygen atoms in total. The second-order valence-electron chi connectivity index (χ2n) is 12.2. The van der Waals surface area contributed by atoms with Crippen molar-refractivity contribution in [3.05, 3.63) is 0 Å². The van der Waals surface area contributed by atoms with Crippen molar-refractivity contribution in [3.8, 4) is 0 Å². The lowest BCUT2D eigenvalue weighted by Crippen LogP contribution is -2.58. The van der Waals surface area contributed by atoms with Crippen molar-refractivity contribution in [1.82, 2.24) is 0 Å². The van der Waals surface area contributed by atoms with E-state index in [4.69, 9.17) is 33.2 Å². The molecule has 3 aliphatic heterocycles. The maximum absolute atomic E-state index is 12.0. The van der Waals surface area contributed by atoms with Crippen LogP contribution < -0.4 is 0 Å². The van der Waals surface area contributed by atoms with E-state index in [-0.39, 0.29) is 66.5 Å². The molecule has 0 bridgehead atoms. The molecule has 3 fully saturated rings. The van der Waals surface area contributed by atoms with Crippen LogP contribution >= 0.6 is 0 Å². The van der Waals surface area contributed by atoms with Crippen molar-refractivity contribution in [2.75, 3.05) is 13.7 Å². The highest BCUT2D eigenvalue weighted by Gasteiger charge is 2.49. The zero-order valence-corrected chi connectivity index (χ0v) is 25.5. The number of carbonyl (C=O) groups excluding carboxylic acids is 1. The minimum Gasteiger partial charge on any atom is -0.457 e. The minimum absolute atomic E-state index is 0.0198. The van der Waals surface area contributed by atoms with E-state index in [9.17, 15) is 4.79 Å². The maximum Gasteiger partial charge on any atom is 0.303 e. The first-order valence-corrected chi connectivity index (χ1v) is 14.9. The van der Waals surface area contributed by atoms with Gasteiger partial charge in [0.15, 0.2) is 25.0 Å². The van der Waals surface area contributed by atoms with Gasteiger partial charge in [0.1, 0.15) is 6.10 Å². The summed E-state index contributed by atoms with van der Waals surface area (Å²) in [5.74, 6) is 1.39. The lowest BCUT2D eigenvalue weighted by Gasteiger charge is -2.49. The van der Waals surface area contributed by atoms with E-state index < -0.39 is 18.5 Å². The van der Waals surface area contributed by atoms with E-state index >= 15 is 0 Å². The van der Waals surface area contributed by atoms with Crippen molar-refractivity contribution in [1.29, 1.82) is 0 Å². The van der Waals surface area contributed by atoms with Gasteiger partial charge in [-0.1, -0.05) is 62.3 Å². The number of carbonyl (C=O) groups is 1. The predicted octanol–water partition coefficient (Wildman–Crippen LogP) is 5.41. The van der Waals surface area contributed by atoms with Crippen molar-refractivity contribution >= 4 is 5.97 Å². The van der Waals surface area contributed by atoms with Crippen LogP contribution in [-0.2, 0) is 38.0 Å². The molecule has 222 valence electrons. The second kappa shape index (κ2) is 13.7. The van der Waals surface area contributed by atoms with Crippen LogP contribution in [0, 0.1) is 41.4 Å². The van der Waals surface area contributed by atoms with Crippen LogP contribution in [-0.4, -0.2) is 69.1 Å². The molecule has 0 aliphatic carbocycles. The summed E-state index contributed by atoms with van der Waals surface area (Å²) >= 11 is 0. The molecule has 0 aromatic rings. The molecule has 3 aliphatic rings. The van der Waals surface area contributed by atoms with Gasteiger partial charge in [0.25, 0.3) is 0 Å². The summed E-state index contributed by atoms with van der Waals surface area (Å²) in [6, 6.07) is 0. The van der Waals surface area contributed by atoms with Crippen LogP contribution in [0.4, 0.5) is 0 Å². The highest BCUT2D eigenvalue weighted by molar-refractivity contribution is 5.66. The summed E-state index contributed by atoms with van der Waals surface area (Å²) in [6.07, 6.45) is -0.592. The van der Waals surface area contributed by atoms with Crippen molar-refractivity contribution in [2.45, 2.75) is 131 Å². The normalized spacial score (nSPS) is 48.0. The molecule has 3 rings (SSSR count). The lowest BCUT2D eigenvalue weighted by molar-refractivity contribution is -0.341. The molecule has 0 amide bonds. The third-order valence-corrected chi connectivity index (χ3v) is 10.0. The monoisotopic (exact) mass is 542 g/mol. The largest absolute Gasteiger partial charge is 0.457 e. The average Bonchev–Trinajstić information content (AvgIpc) is 2.89. The van der Waals surface area contributed by atoms with Crippen LogP contribution in [0.1, 0.15) is 82.1 Å². The van der Waals surface area contributed by atoms with E-state index in [1.807, 2.05) is 0 Å². The molecule has 0 N–H and O–H groups in total. The molecular formula is C30H54O8. The third kappa shape index (κ3) is 6.74. The van der Waals surface area contributed by atoms with Gasteiger partial charge >= 0.3 is 5.97 Å². The quantitative estimate of drug-likeness (QED) is 0.358. The Bertz CT molecular complexity index is 746. The smallest absolute Gasteiger partial charge is 0.303 e. The Morgan fingerprint density at radius 3 is 1.68 bits per heavy atom. The van der Waals surface area contributed by atoms with Gasteiger partial charge in [0.2, 0.25) is 0 Å². The summed E-state index contributed by atoms with van der Waals surface area (Å²) < 4.78 is 43.9. The first kappa shape index (κ1) is 31.8. The fraction of sp³-hybridized carbons (Fsp3) is 0.967. The Balaban J connectivity index is 1.81. The Morgan fingerprint density at radius 1 is 0.632 bits per heavy atom. The Hall–Kier alpha value is -0.770. The summed E-state index contributed by atoms with van der Waals surface area (Å²) in [5.41, 5.74) is 0. The van der Waals surface area contributed by atoms with Gasteiger partial charge in [-0.25, -0.2) is 0 Å². The standard InChI is InChI=1S/C30H54O8/c1-12-23-16(4)15(3)20(8)29(35-23)33-14-25-26(19(7)21(9)28(32-11)37-25)38-30-27(34-22(10)31)18(6)17(5)24(13-2)36-30/h15-21,23-30H,12-14H2,1-11H3/t15-,16-,17-,18-,19+,20?,21-,23?,24?,25?,26-,27?,28?,29+,30+/m0/s1. The van der Waals surface area contributed by atoms with Crippen molar-refractivity contribution in [2.24, 2.45) is 41.4 Å². The molecule has 15 atom stereocenters. The molecule has 38 heavy (non-hydrogen) atoms. The fourth-order valence-electron chi connectivity index (χ4n) is 6.56. The fourth-order valence-corrected chi connectivity index (χ4v) is 6.56. The molecule has 0 spiro atoms. The third-order valence-electron chi connectivity index (χ3n) is 10.0. The SMILES string of the molecule is CCC1O[C@@H](OCC2OC(OC)[C@@H](C)[C@@H](C)[C@@H]2O[C@H]2OC(CC)[C@@H](C)[C@H](C)C2OC(C)=O)C(C)[C@@H](C)[C@@H]1C. The van der Waals surface area contributed by atoms with Gasteiger partial charge in [-0.05, 0) is 36.5 Å². The Kier molecular flexibility index (Phi) is 11.5. The van der Waals surface area contributed by atoms with E-state index in [0.717, 1.165) is 12.8 Å². The van der Waals surface area contributed by atoms with Gasteiger partial charge < -0.3 is 33.2 Å². The van der Waals surface area contributed by atoms with Crippen LogP contribution in [0.25, 0.3) is 0 Å². The number of methoxy groups -OCH3 is 1. The van der Waals surface area contributed by atoms with E-state index in [1.54, 1.807) is 7.11 Å². The summed E-state index contributed by atoms with van der Waals surface area (Å²) in [6.45, 7) is 21.3. The number of hydrogen-bond acceptors (Lipinski definition) is 8. The molecule has 8 heteroatoms. The van der Waals surface area contributed by atoms with Crippen LogP contribution in [0.15, 0.2) is 0 Å². The zero-order chi connectivity index (χ0) is 28.3. The van der Waals surface area contributed by atoms with Gasteiger partial charge in [-0.15, -0.1) is 0 Å². The molecule has 0 radical (unpaired) electrons. The summed E-state index contributed by atoms with van der Waals surface area (Å²) in [4.78, 5) is 12.0. The van der Waals surface area contributed by atoms with Crippen LogP contribution in [0.2, 0.25) is 0 Å². The zero-order valence-electron chi connectivity index (χ0n) is 25.5. The predicted molar refractivity (Wildman–Crippen MR) is 144 cm³/mol. The van der Waals surface area contributed by atoms with Gasteiger partial charge in [0, 0.05) is 31.8 Å². The summed E-state index contributed by atoms with van der Waals surface area (Å²) in [5, 5.41) is 0. The molecule has 3 saturated heterocycles. The van der Waals surface area contributed by atoms with Crippen LogP contribution in [0.5, 0.6) is 0 Å². The molecule has 0 aromatic carbocycles. The van der Waals surface area contributed by atoms with Gasteiger partial charge in [-0.2, -0.15) is 0 Å². The van der Waals surface area contributed by atoms with Crippen LogP contribution in [0.3, 0.4) is 0 Å². The maximum atomic E-state index is 12.0. The van der Waals surface area contributed by atoms with Gasteiger partial charge in [0.05, 0.1) is 24.9 Å². The number of hydrogen-bond donors (Lipinski definition) is 0. The van der Waals surface area contributed by atoms with Crippen molar-refractivity contribution in [3.63, 3.8) is 0 Å². The van der Waals surface area contributed by atoms with Gasteiger partial charge in [-0.3, -0.25) is 4.79 Å². The number of esters is 1. The number of rotatable bonds is 9. The lowest BCUT2D eigenvalue weighted by atomic mass is 9.78. The first-order chi connectivity index (χ1) is 17.9. The first-order valence-electron chi connectivity index (χ1n) is 14.9. The second-order valence-corrected chi connectivity index (χ2v) is 12.2. The topological polar surface area (TPSA) is 81.7 Å². The van der Waals surface area contributed by atoms with Crippen molar-refractivity contribution < 1.29 is 38.0 Å². The molecular weight excluding hydrogens is 488 g/mol. The number of ether oxygens (including phenoxy) is 7. The van der Waals surface area contributed by atoms with E-state index in [2.05, 4.69) is 62.3 Å². The van der Waals surface area contributed by atoms with E-state index in [0.29, 0.717) is 18.4 Å². The average molecular weight is 543 g/mol. The summed E-state index contributed by atoms with van der Waals surface area (Å²) in [7, 11) is 1.67. The molecule has 6 unspecified atom stereocenters. The Morgan fingerprint density at radius 2 is 1.13 bits per heavy atom. The highest BCUT2D eigenvalue weighted by atomic mass is 16.7. The Labute approximate surface area is 230 Å². The molecule has 0 saturated carbocycles. The molecule has 0 aromatic heterocycles. The minimum atomic E-state index is -0.685. The van der Waals surface area contributed by atoms with E-state index in [1.165, 1.54) is 6.92 Å². The molecule has 3 heterocycles.